The minimum absolute atomic E-state index is 0.0341. The molecule has 2 saturated carbocycles. The van der Waals surface area contributed by atoms with Crippen LogP contribution in [0.1, 0.15) is 36.0 Å². The number of nitrogens with one attached hydrogen (secondary N) is 1. The standard InChI is InChI=1S/C15H19NO3/c1-19-11-4-5-12(13(17)8-11)14(18)16-9-15(6-7-15)10-2-3-10/h4-5,8,10,17H,2-3,6-7,9H2,1H3,(H,16,18). The van der Waals surface area contributed by atoms with E-state index in [4.69, 9.17) is 4.74 Å². The monoisotopic (exact) mass is 261 g/mol. The highest BCUT2D eigenvalue weighted by molar-refractivity contribution is 5.97. The van der Waals surface area contributed by atoms with Gasteiger partial charge in [0.1, 0.15) is 11.5 Å². The van der Waals surface area contributed by atoms with Crippen molar-refractivity contribution in [2.24, 2.45) is 11.3 Å². The zero-order valence-electron chi connectivity index (χ0n) is 11.1. The number of phenols is 1. The van der Waals surface area contributed by atoms with Gasteiger partial charge in [0.05, 0.1) is 12.7 Å². The second-order valence-electron chi connectivity index (χ2n) is 5.70. The van der Waals surface area contributed by atoms with Gasteiger partial charge >= 0.3 is 0 Å². The molecule has 0 bridgehead atoms. The molecule has 0 aliphatic heterocycles. The number of hydrogen-bond acceptors (Lipinski definition) is 3. The third kappa shape index (κ3) is 2.39. The van der Waals surface area contributed by atoms with Crippen LogP contribution in [0.4, 0.5) is 0 Å². The molecule has 102 valence electrons. The Kier molecular flexibility index (Phi) is 2.88. The van der Waals surface area contributed by atoms with Crippen LogP contribution in [0.2, 0.25) is 0 Å². The van der Waals surface area contributed by atoms with Gasteiger partial charge in [0.25, 0.3) is 5.91 Å². The molecule has 1 aromatic rings. The molecule has 0 aromatic heterocycles. The van der Waals surface area contributed by atoms with Gasteiger partial charge in [-0.1, -0.05) is 0 Å². The highest BCUT2D eigenvalue weighted by atomic mass is 16.5. The normalized spacial score (nSPS) is 19.8. The number of aromatic hydroxyl groups is 1. The summed E-state index contributed by atoms with van der Waals surface area (Å²) in [6.07, 6.45) is 5.08. The van der Waals surface area contributed by atoms with Crippen molar-refractivity contribution in [1.82, 2.24) is 5.32 Å². The number of amides is 1. The first-order valence-electron chi connectivity index (χ1n) is 6.80. The van der Waals surface area contributed by atoms with Gasteiger partial charge in [-0.2, -0.15) is 0 Å². The third-order valence-electron chi connectivity index (χ3n) is 4.39. The molecule has 19 heavy (non-hydrogen) atoms. The Hall–Kier alpha value is -1.71. The SMILES string of the molecule is COc1ccc(C(=O)NCC2(C3CC3)CC2)c(O)c1. The second kappa shape index (κ2) is 4.44. The molecule has 0 atom stereocenters. The van der Waals surface area contributed by atoms with Gasteiger partial charge in [-0.05, 0) is 49.1 Å². The van der Waals surface area contributed by atoms with E-state index in [2.05, 4.69) is 5.32 Å². The molecule has 0 heterocycles. The lowest BCUT2D eigenvalue weighted by atomic mass is 10.0. The third-order valence-corrected chi connectivity index (χ3v) is 4.39. The summed E-state index contributed by atoms with van der Waals surface area (Å²) < 4.78 is 5.00. The highest BCUT2D eigenvalue weighted by Gasteiger charge is 2.53. The van der Waals surface area contributed by atoms with Crippen molar-refractivity contribution >= 4 is 5.91 Å². The minimum Gasteiger partial charge on any atom is -0.507 e. The predicted molar refractivity (Wildman–Crippen MR) is 71.4 cm³/mol. The number of carbonyl (C=O) groups excluding carboxylic acids is 1. The second-order valence-corrected chi connectivity index (χ2v) is 5.70. The topological polar surface area (TPSA) is 58.6 Å². The van der Waals surface area contributed by atoms with Crippen molar-refractivity contribution in [1.29, 1.82) is 0 Å². The first-order valence-corrected chi connectivity index (χ1v) is 6.80. The van der Waals surface area contributed by atoms with Crippen LogP contribution in [0.25, 0.3) is 0 Å². The van der Waals surface area contributed by atoms with E-state index in [9.17, 15) is 9.90 Å². The molecule has 0 spiro atoms. The van der Waals surface area contributed by atoms with Gasteiger partial charge < -0.3 is 15.2 Å². The Morgan fingerprint density at radius 2 is 2.21 bits per heavy atom. The van der Waals surface area contributed by atoms with Crippen molar-refractivity contribution in [3.05, 3.63) is 23.8 Å². The molecule has 4 nitrogen and oxygen atoms in total. The van der Waals surface area contributed by atoms with Crippen LogP contribution < -0.4 is 10.1 Å². The molecule has 1 aromatic carbocycles. The number of benzene rings is 1. The van der Waals surface area contributed by atoms with E-state index in [-0.39, 0.29) is 11.7 Å². The van der Waals surface area contributed by atoms with Crippen molar-refractivity contribution < 1.29 is 14.6 Å². The first-order chi connectivity index (χ1) is 9.14. The predicted octanol–water partition coefficient (Wildman–Crippen LogP) is 2.32. The number of rotatable bonds is 5. The van der Waals surface area contributed by atoms with Crippen LogP contribution in [-0.2, 0) is 0 Å². The molecular formula is C15H19NO3. The fraction of sp³-hybridized carbons (Fsp3) is 0.533. The maximum atomic E-state index is 12.1. The van der Waals surface area contributed by atoms with E-state index in [1.54, 1.807) is 12.1 Å². The van der Waals surface area contributed by atoms with Crippen LogP contribution in [0.15, 0.2) is 18.2 Å². The summed E-state index contributed by atoms with van der Waals surface area (Å²) in [6.45, 7) is 0.738. The van der Waals surface area contributed by atoms with E-state index >= 15 is 0 Å². The average Bonchev–Trinajstić information content (AvgIpc) is 3.28. The zero-order chi connectivity index (χ0) is 13.5. The van der Waals surface area contributed by atoms with Gasteiger partial charge in [-0.15, -0.1) is 0 Å². The van der Waals surface area contributed by atoms with Gasteiger partial charge in [0.2, 0.25) is 0 Å². The number of hydrogen-bond donors (Lipinski definition) is 2. The van der Waals surface area contributed by atoms with Gasteiger partial charge in [0.15, 0.2) is 0 Å². The van der Waals surface area contributed by atoms with E-state index in [1.165, 1.54) is 38.9 Å². The zero-order valence-corrected chi connectivity index (χ0v) is 11.1. The molecule has 1 amide bonds. The minimum atomic E-state index is -0.202. The van der Waals surface area contributed by atoms with E-state index in [1.807, 2.05) is 0 Å². The van der Waals surface area contributed by atoms with Crippen LogP contribution in [0.5, 0.6) is 11.5 Å². The number of ether oxygens (including phenoxy) is 1. The lowest BCUT2D eigenvalue weighted by Gasteiger charge is -2.15. The van der Waals surface area contributed by atoms with Crippen LogP contribution in [0, 0.1) is 11.3 Å². The molecule has 4 heteroatoms. The molecule has 2 aliphatic carbocycles. The molecule has 2 fully saturated rings. The fourth-order valence-electron chi connectivity index (χ4n) is 2.77. The van der Waals surface area contributed by atoms with Crippen molar-refractivity contribution in [3.8, 4) is 11.5 Å². The largest absolute Gasteiger partial charge is 0.507 e. The summed E-state index contributed by atoms with van der Waals surface area (Å²) in [4.78, 5) is 12.1. The van der Waals surface area contributed by atoms with E-state index in [0.717, 1.165) is 12.5 Å². The van der Waals surface area contributed by atoms with Crippen molar-refractivity contribution in [2.45, 2.75) is 25.7 Å². The molecule has 0 unspecified atom stereocenters. The maximum absolute atomic E-state index is 12.1. The first kappa shape index (κ1) is 12.3. The lowest BCUT2D eigenvalue weighted by molar-refractivity contribution is 0.0940. The molecule has 0 saturated heterocycles. The fourth-order valence-corrected chi connectivity index (χ4v) is 2.77. The highest BCUT2D eigenvalue weighted by Crippen LogP contribution is 2.60. The quantitative estimate of drug-likeness (QED) is 0.855. The Balaban J connectivity index is 1.63. The summed E-state index contributed by atoms with van der Waals surface area (Å²) in [5, 5.41) is 12.8. The summed E-state index contributed by atoms with van der Waals surface area (Å²) in [6, 6.07) is 4.74. The molecule has 0 radical (unpaired) electrons. The van der Waals surface area contributed by atoms with E-state index < -0.39 is 0 Å². The molecule has 2 aliphatic rings. The number of phenolic OH excluding ortho intramolecular Hbond substituents is 1. The maximum Gasteiger partial charge on any atom is 0.255 e. The number of methoxy groups -OCH3 is 1. The molecule has 2 N–H and O–H groups in total. The van der Waals surface area contributed by atoms with Gasteiger partial charge in [-0.3, -0.25) is 4.79 Å². The van der Waals surface area contributed by atoms with Crippen LogP contribution in [0.3, 0.4) is 0 Å². The molecule has 3 rings (SSSR count). The van der Waals surface area contributed by atoms with Crippen molar-refractivity contribution in [2.75, 3.05) is 13.7 Å². The number of carbonyl (C=O) groups is 1. The van der Waals surface area contributed by atoms with Crippen molar-refractivity contribution in [3.63, 3.8) is 0 Å². The average molecular weight is 261 g/mol. The summed E-state index contributed by atoms with van der Waals surface area (Å²) in [5.41, 5.74) is 0.685. The van der Waals surface area contributed by atoms with Crippen LogP contribution in [-0.4, -0.2) is 24.7 Å². The van der Waals surface area contributed by atoms with Crippen LogP contribution >= 0.6 is 0 Å². The van der Waals surface area contributed by atoms with E-state index in [0.29, 0.717) is 16.7 Å². The van der Waals surface area contributed by atoms with Gasteiger partial charge in [0, 0.05) is 12.6 Å². The Morgan fingerprint density at radius 1 is 1.47 bits per heavy atom. The van der Waals surface area contributed by atoms with Gasteiger partial charge in [-0.25, -0.2) is 0 Å². The Bertz CT molecular complexity index is 504. The Labute approximate surface area is 112 Å². The molecular weight excluding hydrogens is 242 g/mol. The summed E-state index contributed by atoms with van der Waals surface area (Å²) >= 11 is 0. The smallest absolute Gasteiger partial charge is 0.255 e. The summed E-state index contributed by atoms with van der Waals surface area (Å²) in [7, 11) is 1.53. The summed E-state index contributed by atoms with van der Waals surface area (Å²) in [5.74, 6) is 1.13. The Morgan fingerprint density at radius 3 is 2.74 bits per heavy atom. The lowest BCUT2D eigenvalue weighted by Crippen LogP contribution is -2.31.